The minimum absolute atomic E-state index is 0. The van der Waals surface area contributed by atoms with Gasteiger partial charge in [-0.05, 0) is 45.2 Å². The molecule has 1 rings (SSSR count). The van der Waals surface area contributed by atoms with E-state index in [1.807, 2.05) is 0 Å². The van der Waals surface area contributed by atoms with E-state index in [1.165, 1.54) is 5.69 Å². The number of methoxy groups -OCH3 is 1. The molecule has 0 radical (unpaired) electrons. The van der Waals surface area contributed by atoms with Gasteiger partial charge in [0.05, 0.1) is 13.2 Å². The smallest absolute Gasteiger partial charge is 0.191 e. The Balaban J connectivity index is 0.00000729. The molecule has 0 heterocycles. The van der Waals surface area contributed by atoms with Crippen LogP contribution in [0.2, 0.25) is 0 Å². The van der Waals surface area contributed by atoms with E-state index in [0.29, 0.717) is 13.2 Å². The molecule has 0 saturated heterocycles. The van der Waals surface area contributed by atoms with Crippen molar-refractivity contribution in [2.24, 2.45) is 4.99 Å². The van der Waals surface area contributed by atoms with Crippen molar-refractivity contribution in [3.8, 4) is 0 Å². The summed E-state index contributed by atoms with van der Waals surface area (Å²) >= 11 is 0. The van der Waals surface area contributed by atoms with Gasteiger partial charge in [0.1, 0.15) is 0 Å². The highest BCUT2D eigenvalue weighted by Crippen LogP contribution is 2.12. The maximum atomic E-state index is 5.47. The van der Waals surface area contributed by atoms with Crippen LogP contribution in [0.25, 0.3) is 0 Å². The summed E-state index contributed by atoms with van der Waals surface area (Å²) in [6.07, 6.45) is 3.14. The largest absolute Gasteiger partial charge is 0.382 e. The average molecular weight is 506 g/mol. The third-order valence-corrected chi connectivity index (χ3v) is 4.14. The molecule has 0 aliphatic rings. The van der Waals surface area contributed by atoms with Gasteiger partial charge in [-0.15, -0.1) is 24.0 Å². The zero-order chi connectivity index (χ0) is 19.6. The molecule has 0 saturated carbocycles. The van der Waals surface area contributed by atoms with Gasteiger partial charge in [0.15, 0.2) is 5.96 Å². The number of aliphatic imine (C=N–C) groups is 1. The maximum absolute atomic E-state index is 5.47. The second-order valence-corrected chi connectivity index (χ2v) is 6.27. The van der Waals surface area contributed by atoms with Gasteiger partial charge in [0.2, 0.25) is 0 Å². The molecule has 0 bridgehead atoms. The van der Waals surface area contributed by atoms with Crippen LogP contribution in [0.3, 0.4) is 0 Å². The summed E-state index contributed by atoms with van der Waals surface area (Å²) in [7, 11) is 1.69. The second-order valence-electron chi connectivity index (χ2n) is 6.27. The standard InChI is InChI=1S/C21H38N4O2.HI/c1-4-22-21(23-14-9-10-17-27-19-18-26-3)24-15-11-16-25(5-2)20-12-7-6-8-13-20;/h6-8,12-13H,4-5,9-11,14-19H2,1-3H3,(H2,22,23,24);1H. The number of halogens is 1. The molecule has 0 aliphatic heterocycles. The summed E-state index contributed by atoms with van der Waals surface area (Å²) in [5, 5.41) is 6.71. The molecule has 162 valence electrons. The van der Waals surface area contributed by atoms with Crippen molar-refractivity contribution in [3.63, 3.8) is 0 Å². The third-order valence-electron chi connectivity index (χ3n) is 4.14. The third kappa shape index (κ3) is 13.2. The average Bonchev–Trinajstić information content (AvgIpc) is 2.70. The zero-order valence-corrected chi connectivity index (χ0v) is 20.1. The van der Waals surface area contributed by atoms with Crippen molar-refractivity contribution in [2.75, 3.05) is 64.6 Å². The topological polar surface area (TPSA) is 58.1 Å². The van der Waals surface area contributed by atoms with Gasteiger partial charge in [-0.3, -0.25) is 4.99 Å². The number of para-hydroxylation sites is 1. The highest BCUT2D eigenvalue weighted by Gasteiger charge is 2.03. The molecule has 7 heteroatoms. The SMILES string of the molecule is CCNC(=NCCCN(CC)c1ccccc1)NCCCCOCCOC.I. The number of guanidine groups is 1. The van der Waals surface area contributed by atoms with Crippen LogP contribution in [-0.2, 0) is 9.47 Å². The number of benzene rings is 1. The lowest BCUT2D eigenvalue weighted by Crippen LogP contribution is -2.38. The molecule has 6 nitrogen and oxygen atoms in total. The van der Waals surface area contributed by atoms with Crippen molar-refractivity contribution in [2.45, 2.75) is 33.1 Å². The lowest BCUT2D eigenvalue weighted by atomic mass is 10.2. The first kappa shape index (κ1) is 26.9. The van der Waals surface area contributed by atoms with Crippen LogP contribution < -0.4 is 15.5 Å². The maximum Gasteiger partial charge on any atom is 0.191 e. The predicted molar refractivity (Wildman–Crippen MR) is 130 cm³/mol. The fraction of sp³-hybridized carbons (Fsp3) is 0.667. The Bertz CT molecular complexity index is 489. The van der Waals surface area contributed by atoms with Gasteiger partial charge in [0.25, 0.3) is 0 Å². The summed E-state index contributed by atoms with van der Waals surface area (Å²) in [5.41, 5.74) is 1.28. The minimum Gasteiger partial charge on any atom is -0.382 e. The predicted octanol–water partition coefficient (Wildman–Crippen LogP) is 3.52. The number of hydrogen-bond donors (Lipinski definition) is 2. The van der Waals surface area contributed by atoms with Crippen LogP contribution >= 0.6 is 24.0 Å². The second kappa shape index (κ2) is 19.3. The van der Waals surface area contributed by atoms with Gasteiger partial charge < -0.3 is 25.0 Å². The molecular formula is C21H39IN4O2. The van der Waals surface area contributed by atoms with Crippen LogP contribution in [-0.4, -0.2) is 65.6 Å². The van der Waals surface area contributed by atoms with Crippen molar-refractivity contribution in [3.05, 3.63) is 30.3 Å². The van der Waals surface area contributed by atoms with Crippen molar-refractivity contribution in [1.29, 1.82) is 0 Å². The number of rotatable bonds is 15. The summed E-state index contributed by atoms with van der Waals surface area (Å²) in [6.45, 7) is 11.0. The van der Waals surface area contributed by atoms with Crippen LogP contribution in [0.5, 0.6) is 0 Å². The highest BCUT2D eigenvalue weighted by atomic mass is 127. The number of unbranched alkanes of at least 4 members (excludes halogenated alkanes) is 1. The van der Waals surface area contributed by atoms with Gasteiger partial charge >= 0.3 is 0 Å². The first-order valence-electron chi connectivity index (χ1n) is 10.2. The van der Waals surface area contributed by atoms with Crippen molar-refractivity contribution in [1.82, 2.24) is 10.6 Å². The summed E-state index contributed by atoms with van der Waals surface area (Å²) in [5.74, 6) is 0.903. The van der Waals surface area contributed by atoms with Crippen LogP contribution in [0, 0.1) is 0 Å². The first-order chi connectivity index (χ1) is 13.3. The highest BCUT2D eigenvalue weighted by molar-refractivity contribution is 14.0. The molecule has 0 spiro atoms. The monoisotopic (exact) mass is 506 g/mol. The fourth-order valence-corrected chi connectivity index (χ4v) is 2.68. The summed E-state index contributed by atoms with van der Waals surface area (Å²) in [4.78, 5) is 7.08. The minimum atomic E-state index is 0. The molecule has 0 atom stereocenters. The van der Waals surface area contributed by atoms with E-state index in [0.717, 1.165) is 64.6 Å². The van der Waals surface area contributed by atoms with Gasteiger partial charge in [0, 0.05) is 52.1 Å². The first-order valence-corrected chi connectivity index (χ1v) is 10.2. The van der Waals surface area contributed by atoms with E-state index >= 15 is 0 Å². The zero-order valence-electron chi connectivity index (χ0n) is 17.8. The molecule has 0 fully saturated rings. The fourth-order valence-electron chi connectivity index (χ4n) is 2.68. The molecule has 0 aliphatic carbocycles. The molecule has 0 aromatic heterocycles. The lowest BCUT2D eigenvalue weighted by Gasteiger charge is -2.22. The summed E-state index contributed by atoms with van der Waals surface area (Å²) in [6, 6.07) is 10.6. The van der Waals surface area contributed by atoms with E-state index in [4.69, 9.17) is 14.5 Å². The van der Waals surface area contributed by atoms with Crippen LogP contribution in [0.4, 0.5) is 5.69 Å². The number of ether oxygens (including phenoxy) is 2. The van der Waals surface area contributed by atoms with Crippen LogP contribution in [0.1, 0.15) is 33.1 Å². The van der Waals surface area contributed by atoms with Gasteiger partial charge in [-0.25, -0.2) is 0 Å². The quantitative estimate of drug-likeness (QED) is 0.165. The molecule has 28 heavy (non-hydrogen) atoms. The normalized spacial score (nSPS) is 11.0. The van der Waals surface area contributed by atoms with E-state index in [2.05, 4.69) is 59.7 Å². The Morgan fingerprint density at radius 2 is 1.79 bits per heavy atom. The Hall–Kier alpha value is -1.06. The molecule has 1 aromatic rings. The van der Waals surface area contributed by atoms with Crippen molar-refractivity contribution >= 4 is 35.6 Å². The number of hydrogen-bond acceptors (Lipinski definition) is 4. The summed E-state index contributed by atoms with van der Waals surface area (Å²) < 4.78 is 10.4. The Labute approximate surface area is 188 Å². The van der Waals surface area contributed by atoms with Crippen LogP contribution in [0.15, 0.2) is 35.3 Å². The lowest BCUT2D eigenvalue weighted by molar-refractivity contribution is 0.0689. The molecule has 2 N–H and O–H groups in total. The van der Waals surface area contributed by atoms with E-state index in [-0.39, 0.29) is 24.0 Å². The Morgan fingerprint density at radius 1 is 1.00 bits per heavy atom. The van der Waals surface area contributed by atoms with Crippen molar-refractivity contribution < 1.29 is 9.47 Å². The molecule has 1 aromatic carbocycles. The molecule has 0 unspecified atom stereocenters. The number of anilines is 1. The Kier molecular flexibility index (Phi) is 18.5. The van der Waals surface area contributed by atoms with Gasteiger partial charge in [-0.2, -0.15) is 0 Å². The Morgan fingerprint density at radius 3 is 2.46 bits per heavy atom. The van der Waals surface area contributed by atoms with Gasteiger partial charge in [-0.1, -0.05) is 18.2 Å². The molecule has 0 amide bonds. The number of nitrogens with zero attached hydrogens (tertiary/aromatic N) is 2. The molecular weight excluding hydrogens is 467 g/mol. The van der Waals surface area contributed by atoms with E-state index in [9.17, 15) is 0 Å². The van der Waals surface area contributed by atoms with E-state index in [1.54, 1.807) is 7.11 Å². The van der Waals surface area contributed by atoms with E-state index < -0.39 is 0 Å². The number of nitrogens with one attached hydrogen (secondary N) is 2.